The van der Waals surface area contributed by atoms with Gasteiger partial charge in [-0.3, -0.25) is 9.59 Å². The molecule has 0 unspecified atom stereocenters. The number of nitrogens with zero attached hydrogens (tertiary/aromatic N) is 3. The fourth-order valence-corrected chi connectivity index (χ4v) is 4.39. The number of amides is 2. The number of thiophene rings is 1. The Balaban J connectivity index is 1.64. The highest BCUT2D eigenvalue weighted by molar-refractivity contribution is 7.20. The zero-order valence-corrected chi connectivity index (χ0v) is 18.2. The van der Waals surface area contributed by atoms with Crippen LogP contribution in [0.15, 0.2) is 54.6 Å². The van der Waals surface area contributed by atoms with E-state index >= 15 is 0 Å². The number of nitrogens with one attached hydrogen (secondary N) is 1. The van der Waals surface area contributed by atoms with Crippen LogP contribution in [0.3, 0.4) is 0 Å². The maximum Gasteiger partial charge on any atom is 0.265 e. The van der Waals surface area contributed by atoms with E-state index in [1.165, 1.54) is 16.2 Å². The quantitative estimate of drug-likeness (QED) is 0.487. The van der Waals surface area contributed by atoms with Crippen molar-refractivity contribution in [2.45, 2.75) is 6.92 Å². The molecular formula is C22H19ClN4O2S. The number of fused-ring (bicyclic) bond motifs is 1. The molecule has 0 aliphatic heterocycles. The van der Waals surface area contributed by atoms with Gasteiger partial charge >= 0.3 is 0 Å². The van der Waals surface area contributed by atoms with E-state index in [4.69, 9.17) is 11.6 Å². The summed E-state index contributed by atoms with van der Waals surface area (Å²) in [6, 6.07) is 16.2. The predicted octanol–water partition coefficient (Wildman–Crippen LogP) is 5.00. The zero-order chi connectivity index (χ0) is 21.4. The van der Waals surface area contributed by atoms with E-state index in [0.29, 0.717) is 21.2 Å². The van der Waals surface area contributed by atoms with Crippen LogP contribution in [0, 0.1) is 6.92 Å². The molecule has 4 rings (SSSR count). The van der Waals surface area contributed by atoms with Crippen molar-refractivity contribution in [3.05, 3.63) is 75.8 Å². The lowest BCUT2D eigenvalue weighted by Gasteiger charge is -2.11. The van der Waals surface area contributed by atoms with Gasteiger partial charge in [0.15, 0.2) is 0 Å². The number of carbonyl (C=O) groups is 2. The molecule has 6 nitrogen and oxygen atoms in total. The van der Waals surface area contributed by atoms with E-state index in [-0.39, 0.29) is 11.8 Å². The lowest BCUT2D eigenvalue weighted by atomic mass is 10.2. The summed E-state index contributed by atoms with van der Waals surface area (Å²) >= 11 is 7.48. The first kappa shape index (κ1) is 20.1. The maximum atomic E-state index is 12.9. The van der Waals surface area contributed by atoms with Crippen LogP contribution in [-0.4, -0.2) is 40.6 Å². The van der Waals surface area contributed by atoms with E-state index in [1.54, 1.807) is 49.1 Å². The van der Waals surface area contributed by atoms with Crippen molar-refractivity contribution in [3.8, 4) is 5.69 Å². The first-order valence-electron chi connectivity index (χ1n) is 9.21. The number of halogens is 1. The van der Waals surface area contributed by atoms with Gasteiger partial charge in [-0.25, -0.2) is 4.68 Å². The van der Waals surface area contributed by atoms with Crippen molar-refractivity contribution in [1.29, 1.82) is 0 Å². The van der Waals surface area contributed by atoms with Gasteiger partial charge in [0.25, 0.3) is 11.8 Å². The Morgan fingerprint density at radius 3 is 2.60 bits per heavy atom. The first-order chi connectivity index (χ1) is 14.3. The fraction of sp³-hybridized carbons (Fsp3) is 0.136. The molecule has 2 heterocycles. The topological polar surface area (TPSA) is 67.2 Å². The number of carbonyl (C=O) groups excluding carboxylic acids is 2. The summed E-state index contributed by atoms with van der Waals surface area (Å²) in [4.78, 5) is 28.0. The number of anilines is 1. The van der Waals surface area contributed by atoms with Gasteiger partial charge in [0.1, 0.15) is 4.83 Å². The number of aromatic nitrogens is 2. The molecule has 152 valence electrons. The molecule has 0 aliphatic rings. The predicted molar refractivity (Wildman–Crippen MR) is 121 cm³/mol. The third kappa shape index (κ3) is 3.81. The normalized spacial score (nSPS) is 10.9. The van der Waals surface area contributed by atoms with E-state index in [2.05, 4.69) is 10.4 Å². The molecule has 8 heteroatoms. The Morgan fingerprint density at radius 2 is 1.87 bits per heavy atom. The van der Waals surface area contributed by atoms with Crippen LogP contribution in [0.2, 0.25) is 5.02 Å². The molecule has 0 spiro atoms. The van der Waals surface area contributed by atoms with Gasteiger partial charge < -0.3 is 10.2 Å². The first-order valence-corrected chi connectivity index (χ1v) is 10.4. The Morgan fingerprint density at radius 1 is 1.10 bits per heavy atom. The van der Waals surface area contributed by atoms with Crippen LogP contribution in [0.5, 0.6) is 0 Å². The summed E-state index contributed by atoms with van der Waals surface area (Å²) in [5.41, 5.74) is 2.75. The minimum absolute atomic E-state index is 0.120. The third-order valence-corrected chi connectivity index (χ3v) is 5.94. The molecule has 0 radical (unpaired) electrons. The highest BCUT2D eigenvalue weighted by atomic mass is 35.5. The molecule has 0 saturated heterocycles. The molecule has 2 aromatic carbocycles. The molecule has 0 aliphatic carbocycles. The Kier molecular flexibility index (Phi) is 5.32. The van der Waals surface area contributed by atoms with Crippen molar-refractivity contribution in [2.75, 3.05) is 19.4 Å². The number of hydrogen-bond acceptors (Lipinski definition) is 4. The van der Waals surface area contributed by atoms with Gasteiger partial charge in [-0.2, -0.15) is 5.10 Å². The van der Waals surface area contributed by atoms with Crippen LogP contribution >= 0.6 is 22.9 Å². The van der Waals surface area contributed by atoms with Crippen LogP contribution in [0.25, 0.3) is 15.9 Å². The Labute approximate surface area is 182 Å². The number of hydrogen-bond donors (Lipinski definition) is 1. The second kappa shape index (κ2) is 7.93. The lowest BCUT2D eigenvalue weighted by molar-refractivity contribution is 0.0827. The smallest absolute Gasteiger partial charge is 0.265 e. The molecule has 2 aromatic heterocycles. The maximum absolute atomic E-state index is 12.9. The van der Waals surface area contributed by atoms with E-state index in [9.17, 15) is 9.59 Å². The van der Waals surface area contributed by atoms with Gasteiger partial charge in [0, 0.05) is 35.8 Å². The van der Waals surface area contributed by atoms with Gasteiger partial charge in [0.2, 0.25) is 0 Å². The molecule has 1 N–H and O–H groups in total. The van der Waals surface area contributed by atoms with Crippen molar-refractivity contribution in [2.24, 2.45) is 0 Å². The second-order valence-electron chi connectivity index (χ2n) is 7.04. The van der Waals surface area contributed by atoms with Crippen molar-refractivity contribution < 1.29 is 9.59 Å². The largest absolute Gasteiger partial charge is 0.345 e. The molecular weight excluding hydrogens is 420 g/mol. The molecule has 0 atom stereocenters. The number of rotatable bonds is 4. The van der Waals surface area contributed by atoms with Crippen LogP contribution in [0.4, 0.5) is 5.69 Å². The number of aryl methyl sites for hydroxylation is 1. The van der Waals surface area contributed by atoms with E-state index < -0.39 is 0 Å². The molecule has 30 heavy (non-hydrogen) atoms. The summed E-state index contributed by atoms with van der Waals surface area (Å²) in [6.07, 6.45) is 0. The van der Waals surface area contributed by atoms with Gasteiger partial charge in [-0.15, -0.1) is 11.3 Å². The molecule has 2 amide bonds. The molecule has 0 bridgehead atoms. The standard InChI is InChI=1S/C22H19ClN4O2S/c1-13-18-12-19(30-22(18)27(25-13)17-9-5-7-15(23)11-17)20(28)24-16-8-4-6-14(10-16)21(29)26(2)3/h4-12H,1-3H3,(H,24,28). The SMILES string of the molecule is Cc1nn(-c2cccc(Cl)c2)c2sc(C(=O)Nc3cccc(C(=O)N(C)C)c3)cc12. The molecule has 0 fully saturated rings. The van der Waals surface area contributed by atoms with E-state index in [1.807, 2.05) is 31.2 Å². The minimum Gasteiger partial charge on any atom is -0.345 e. The summed E-state index contributed by atoms with van der Waals surface area (Å²) in [7, 11) is 3.38. The monoisotopic (exact) mass is 438 g/mol. The average Bonchev–Trinajstić information content (AvgIpc) is 3.28. The van der Waals surface area contributed by atoms with Gasteiger partial charge in [0.05, 0.1) is 16.3 Å². The Hall–Kier alpha value is -3.16. The zero-order valence-electron chi connectivity index (χ0n) is 16.6. The highest BCUT2D eigenvalue weighted by Crippen LogP contribution is 2.31. The summed E-state index contributed by atoms with van der Waals surface area (Å²) in [6.45, 7) is 1.91. The van der Waals surface area contributed by atoms with Gasteiger partial charge in [-0.05, 0) is 49.4 Å². The number of benzene rings is 2. The summed E-state index contributed by atoms with van der Waals surface area (Å²) in [5.74, 6) is -0.354. The molecule has 4 aromatic rings. The van der Waals surface area contributed by atoms with E-state index in [0.717, 1.165) is 21.6 Å². The summed E-state index contributed by atoms with van der Waals surface area (Å²) in [5, 5.41) is 9.01. The van der Waals surface area contributed by atoms with Crippen molar-refractivity contribution in [3.63, 3.8) is 0 Å². The highest BCUT2D eigenvalue weighted by Gasteiger charge is 2.18. The van der Waals surface area contributed by atoms with Crippen LogP contribution < -0.4 is 5.32 Å². The second-order valence-corrected chi connectivity index (χ2v) is 8.51. The lowest BCUT2D eigenvalue weighted by Crippen LogP contribution is -2.21. The fourth-order valence-electron chi connectivity index (χ4n) is 3.12. The van der Waals surface area contributed by atoms with Crippen LogP contribution in [-0.2, 0) is 0 Å². The minimum atomic E-state index is -0.234. The van der Waals surface area contributed by atoms with Crippen LogP contribution in [0.1, 0.15) is 25.7 Å². The average molecular weight is 439 g/mol. The Bertz CT molecular complexity index is 1280. The third-order valence-electron chi connectivity index (χ3n) is 4.59. The summed E-state index contributed by atoms with van der Waals surface area (Å²) < 4.78 is 1.80. The van der Waals surface area contributed by atoms with Crippen molar-refractivity contribution >= 4 is 50.7 Å². The molecule has 0 saturated carbocycles. The van der Waals surface area contributed by atoms with Crippen molar-refractivity contribution in [1.82, 2.24) is 14.7 Å². The van der Waals surface area contributed by atoms with Gasteiger partial charge in [-0.1, -0.05) is 23.7 Å².